The Balaban J connectivity index is 2.31. The van der Waals surface area contributed by atoms with Crippen molar-refractivity contribution in [1.29, 1.82) is 0 Å². The third kappa shape index (κ3) is 2.80. The highest BCUT2D eigenvalue weighted by molar-refractivity contribution is 7.95. The fourth-order valence-corrected chi connectivity index (χ4v) is 7.10. The molecule has 0 aliphatic carbocycles. The van der Waals surface area contributed by atoms with Gasteiger partial charge in [0.25, 0.3) is 0 Å². The molecule has 0 nitrogen and oxygen atoms in total. The van der Waals surface area contributed by atoms with Crippen LogP contribution in [0.4, 0.5) is 8.78 Å². The maximum Gasteiger partial charge on any atom is 0.162 e. The molecule has 3 aromatic carbocycles. The molecule has 0 saturated carbocycles. The van der Waals surface area contributed by atoms with Crippen LogP contribution in [0.2, 0.25) is 0 Å². The second kappa shape index (κ2) is 6.60. The minimum absolute atomic E-state index is 0.785. The summed E-state index contributed by atoms with van der Waals surface area (Å²) in [6, 6.07) is 24.7. The van der Waals surface area contributed by atoms with Crippen molar-refractivity contribution in [3.8, 4) is 0 Å². The van der Waals surface area contributed by atoms with Gasteiger partial charge in [0, 0.05) is 6.07 Å². The van der Waals surface area contributed by atoms with Crippen LogP contribution in [0.15, 0.2) is 78.9 Å². The van der Waals surface area contributed by atoms with Crippen molar-refractivity contribution in [2.75, 3.05) is 6.16 Å². The highest BCUT2D eigenvalue weighted by Crippen LogP contribution is 2.54. The first kappa shape index (κ1) is 15.8. The molecule has 3 heteroatoms. The van der Waals surface area contributed by atoms with E-state index in [-0.39, 0.29) is 0 Å². The summed E-state index contributed by atoms with van der Waals surface area (Å²) in [5.41, 5.74) is 0. The molecule has 0 saturated heterocycles. The van der Waals surface area contributed by atoms with E-state index in [1.165, 1.54) is 22.7 Å². The van der Waals surface area contributed by atoms with E-state index in [0.717, 1.165) is 11.5 Å². The van der Waals surface area contributed by atoms with Gasteiger partial charge in [-0.2, -0.15) is 0 Å². The Morgan fingerprint density at radius 2 is 1.17 bits per heavy atom. The first-order chi connectivity index (χ1) is 11.2. The van der Waals surface area contributed by atoms with Crippen LogP contribution >= 0.6 is 7.26 Å². The van der Waals surface area contributed by atoms with E-state index in [2.05, 4.69) is 31.2 Å². The summed E-state index contributed by atoms with van der Waals surface area (Å²) in [5.74, 6) is -1.59. The van der Waals surface area contributed by atoms with Gasteiger partial charge in [-0.3, -0.25) is 0 Å². The van der Waals surface area contributed by atoms with Crippen molar-refractivity contribution in [2.45, 2.75) is 6.92 Å². The summed E-state index contributed by atoms with van der Waals surface area (Å²) in [4.78, 5) is 0. The summed E-state index contributed by atoms with van der Waals surface area (Å²) in [7, 11) is -1.99. The van der Waals surface area contributed by atoms with Gasteiger partial charge in [-0.25, -0.2) is 8.78 Å². The Morgan fingerprint density at radius 3 is 1.61 bits per heavy atom. The van der Waals surface area contributed by atoms with E-state index < -0.39 is 18.9 Å². The fraction of sp³-hybridized carbons (Fsp3) is 0.100. The maximum absolute atomic E-state index is 13.9. The number of rotatable bonds is 4. The first-order valence-corrected chi connectivity index (χ1v) is 9.61. The Hall–Kier alpha value is -2.05. The highest BCUT2D eigenvalue weighted by Gasteiger charge is 2.43. The maximum atomic E-state index is 13.9. The molecule has 0 aliphatic rings. The molecule has 3 rings (SSSR count). The van der Waals surface area contributed by atoms with Crippen LogP contribution in [0.3, 0.4) is 0 Å². The van der Waals surface area contributed by atoms with E-state index in [4.69, 9.17) is 0 Å². The molecule has 0 spiro atoms. The predicted molar refractivity (Wildman–Crippen MR) is 95.6 cm³/mol. The second-order valence-corrected chi connectivity index (χ2v) is 9.20. The van der Waals surface area contributed by atoms with Gasteiger partial charge < -0.3 is 0 Å². The molecule has 0 radical (unpaired) electrons. The van der Waals surface area contributed by atoms with E-state index in [1.807, 2.05) is 36.4 Å². The Bertz CT molecular complexity index is 746. The molecular weight excluding hydrogens is 309 g/mol. The molecule has 0 fully saturated rings. The van der Waals surface area contributed by atoms with Gasteiger partial charge in [-0.15, -0.1) is 0 Å². The molecule has 116 valence electrons. The van der Waals surface area contributed by atoms with Crippen LogP contribution in [-0.2, 0) is 0 Å². The molecule has 3 aromatic rings. The van der Waals surface area contributed by atoms with Crippen LogP contribution in [-0.4, -0.2) is 6.16 Å². The van der Waals surface area contributed by atoms with Crippen LogP contribution in [0.25, 0.3) is 0 Å². The number of benzene rings is 3. The molecular formula is C20H18F2P+. The minimum Gasteiger partial charge on any atom is -0.204 e. The summed E-state index contributed by atoms with van der Waals surface area (Å²) >= 11 is 0. The molecule has 0 amide bonds. The van der Waals surface area contributed by atoms with Gasteiger partial charge in [0.15, 0.2) is 11.6 Å². The van der Waals surface area contributed by atoms with Crippen LogP contribution in [0.5, 0.6) is 0 Å². The van der Waals surface area contributed by atoms with Gasteiger partial charge >= 0.3 is 0 Å². The smallest absolute Gasteiger partial charge is 0.162 e. The van der Waals surface area contributed by atoms with Gasteiger partial charge in [0.05, 0.1) is 6.16 Å². The normalized spacial score (nSPS) is 11.4. The van der Waals surface area contributed by atoms with E-state index in [0.29, 0.717) is 0 Å². The van der Waals surface area contributed by atoms with Crippen molar-refractivity contribution in [2.24, 2.45) is 0 Å². The Labute approximate surface area is 136 Å². The molecule has 0 aliphatic heterocycles. The SMILES string of the molecule is CC[P+](c1ccccc1)(c1ccccc1)c1ccc(F)c(F)c1. The third-order valence-electron chi connectivity index (χ3n) is 4.21. The molecule has 0 aromatic heterocycles. The van der Waals surface area contributed by atoms with Crippen molar-refractivity contribution < 1.29 is 8.78 Å². The number of halogens is 2. The predicted octanol–water partition coefficient (Wildman–Crippen LogP) is 4.28. The standard InChI is InChI=1S/C20H18F2P/c1-2-23(16-9-5-3-6-10-16,17-11-7-4-8-12-17)18-13-14-19(21)20(22)15-18/h3-15H,2H2,1H3/q+1. The van der Waals surface area contributed by atoms with Crippen molar-refractivity contribution in [3.05, 3.63) is 90.5 Å². The summed E-state index contributed by atoms with van der Waals surface area (Å²) < 4.78 is 27.4. The third-order valence-corrected chi connectivity index (χ3v) is 8.68. The topological polar surface area (TPSA) is 0 Å². The lowest BCUT2D eigenvalue weighted by Crippen LogP contribution is -2.33. The van der Waals surface area contributed by atoms with Gasteiger partial charge in [0.1, 0.15) is 23.2 Å². The van der Waals surface area contributed by atoms with Crippen molar-refractivity contribution in [3.63, 3.8) is 0 Å². The fourth-order valence-electron chi connectivity index (χ4n) is 3.08. The Morgan fingerprint density at radius 1 is 0.652 bits per heavy atom. The molecule has 0 bridgehead atoms. The molecule has 0 heterocycles. The monoisotopic (exact) mass is 327 g/mol. The average Bonchev–Trinajstić information content (AvgIpc) is 2.61. The molecule has 0 atom stereocenters. The molecule has 23 heavy (non-hydrogen) atoms. The van der Waals surface area contributed by atoms with E-state index in [9.17, 15) is 8.78 Å². The number of hydrogen-bond acceptors (Lipinski definition) is 0. The van der Waals surface area contributed by atoms with Gasteiger partial charge in [-0.1, -0.05) is 36.4 Å². The zero-order valence-corrected chi connectivity index (χ0v) is 13.8. The van der Waals surface area contributed by atoms with E-state index in [1.54, 1.807) is 6.07 Å². The zero-order valence-electron chi connectivity index (χ0n) is 12.9. The summed E-state index contributed by atoms with van der Waals surface area (Å²) in [6.07, 6.45) is 0.853. The highest BCUT2D eigenvalue weighted by atomic mass is 31.2. The van der Waals surface area contributed by atoms with Gasteiger partial charge in [-0.05, 0) is 43.3 Å². The lowest BCUT2D eigenvalue weighted by molar-refractivity contribution is 0.509. The lowest BCUT2D eigenvalue weighted by atomic mass is 10.3. The average molecular weight is 327 g/mol. The zero-order chi connectivity index (χ0) is 16.3. The second-order valence-electron chi connectivity index (χ2n) is 5.40. The largest absolute Gasteiger partial charge is 0.204 e. The number of hydrogen-bond donors (Lipinski definition) is 0. The minimum atomic E-state index is -1.99. The van der Waals surface area contributed by atoms with Crippen LogP contribution < -0.4 is 15.9 Å². The summed E-state index contributed by atoms with van der Waals surface area (Å²) in [5, 5.41) is 3.23. The van der Waals surface area contributed by atoms with Crippen molar-refractivity contribution in [1.82, 2.24) is 0 Å². The first-order valence-electron chi connectivity index (χ1n) is 7.63. The Kier molecular flexibility index (Phi) is 4.54. The van der Waals surface area contributed by atoms with Gasteiger partial charge in [0.2, 0.25) is 0 Å². The summed E-state index contributed by atoms with van der Waals surface area (Å²) in [6.45, 7) is 2.12. The lowest BCUT2D eigenvalue weighted by Gasteiger charge is -2.26. The van der Waals surface area contributed by atoms with E-state index >= 15 is 0 Å². The molecule has 0 unspecified atom stereocenters. The molecule has 0 N–H and O–H groups in total. The van der Waals surface area contributed by atoms with Crippen molar-refractivity contribution >= 4 is 23.2 Å². The van der Waals surface area contributed by atoms with Crippen LogP contribution in [0, 0.1) is 11.6 Å². The quantitative estimate of drug-likeness (QED) is 0.628. The van der Waals surface area contributed by atoms with Crippen LogP contribution in [0.1, 0.15) is 6.92 Å².